The maximum atomic E-state index is 11.3. The summed E-state index contributed by atoms with van der Waals surface area (Å²) in [5.74, 6) is 0. The van der Waals surface area contributed by atoms with Gasteiger partial charge in [0.15, 0.2) is 0 Å². The van der Waals surface area contributed by atoms with Crippen LogP contribution in [0.25, 0.3) is 0 Å². The molecule has 0 heterocycles. The van der Waals surface area contributed by atoms with E-state index in [-0.39, 0.29) is 5.69 Å². The molecule has 0 amide bonds. The Bertz CT molecular complexity index is 869. The summed E-state index contributed by atoms with van der Waals surface area (Å²) < 4.78 is 0. The Morgan fingerprint density at radius 2 is 1.44 bits per heavy atom. The minimum atomic E-state index is -0.429. The zero-order chi connectivity index (χ0) is 17.5. The van der Waals surface area contributed by atoms with E-state index in [1.54, 1.807) is 18.2 Å². The van der Waals surface area contributed by atoms with E-state index in [9.17, 15) is 10.1 Å². The molecule has 3 aromatic carbocycles. The molecule has 0 atom stereocenters. The number of nitrogens with one attached hydrogen (secondary N) is 1. The highest BCUT2D eigenvalue weighted by atomic mass is 16.6. The van der Waals surface area contributed by atoms with Crippen LogP contribution in [0, 0.1) is 10.1 Å². The molecule has 0 saturated heterocycles. The first kappa shape index (κ1) is 16.1. The van der Waals surface area contributed by atoms with Crippen molar-refractivity contribution in [2.45, 2.75) is 0 Å². The highest BCUT2D eigenvalue weighted by Crippen LogP contribution is 2.31. The molecule has 0 fully saturated rings. The standard InChI is InChI=1S/C18H15N5O2/c24-23(25)18-14-8-7-13-17(18)22(16-11-5-2-6-12-16)21-20-19-15-9-3-1-4-10-15/h1-14H,(H,19,21). The highest BCUT2D eigenvalue weighted by Gasteiger charge is 2.20. The van der Waals surface area contributed by atoms with Gasteiger partial charge in [0.2, 0.25) is 0 Å². The number of benzene rings is 3. The third-order valence-electron chi connectivity index (χ3n) is 3.40. The van der Waals surface area contributed by atoms with Crippen molar-refractivity contribution in [3.63, 3.8) is 0 Å². The lowest BCUT2D eigenvalue weighted by molar-refractivity contribution is -0.384. The molecule has 0 aliphatic rings. The fraction of sp³-hybridized carbons (Fsp3) is 0. The van der Waals surface area contributed by atoms with Gasteiger partial charge in [0.05, 0.1) is 16.3 Å². The van der Waals surface area contributed by atoms with Crippen molar-refractivity contribution in [3.05, 3.63) is 95.0 Å². The minimum absolute atomic E-state index is 0.0336. The topological polar surface area (TPSA) is 83.1 Å². The van der Waals surface area contributed by atoms with E-state index < -0.39 is 4.92 Å². The number of hydrazine groups is 1. The van der Waals surface area contributed by atoms with Crippen molar-refractivity contribution in [2.24, 2.45) is 10.3 Å². The largest absolute Gasteiger partial charge is 0.294 e. The van der Waals surface area contributed by atoms with Gasteiger partial charge < -0.3 is 0 Å². The average molecular weight is 333 g/mol. The van der Waals surface area contributed by atoms with Crippen LogP contribution in [0.15, 0.2) is 95.3 Å². The molecule has 25 heavy (non-hydrogen) atoms. The summed E-state index contributed by atoms with van der Waals surface area (Å²) in [6.45, 7) is 0. The molecule has 0 spiro atoms. The second-order valence-electron chi connectivity index (χ2n) is 5.05. The van der Waals surface area contributed by atoms with Crippen LogP contribution in [-0.4, -0.2) is 4.92 Å². The number of nitrogens with zero attached hydrogens (tertiary/aromatic N) is 4. The molecular formula is C18H15N5O2. The van der Waals surface area contributed by atoms with Crippen LogP contribution in [0.3, 0.4) is 0 Å². The SMILES string of the molecule is O=[N+]([O-])c1ccccc1N(NN=Nc1ccccc1)c1ccccc1. The normalized spacial score (nSPS) is 10.6. The number of hydrogen-bond acceptors (Lipinski definition) is 5. The highest BCUT2D eigenvalue weighted by molar-refractivity contribution is 5.70. The summed E-state index contributed by atoms with van der Waals surface area (Å²) in [4.78, 5) is 10.9. The molecule has 7 nitrogen and oxygen atoms in total. The minimum Gasteiger partial charge on any atom is -0.258 e. The van der Waals surface area contributed by atoms with E-state index in [0.717, 1.165) is 0 Å². The van der Waals surface area contributed by atoms with E-state index in [4.69, 9.17) is 0 Å². The Hall–Kier alpha value is -3.74. The molecular weight excluding hydrogens is 318 g/mol. The number of rotatable bonds is 6. The summed E-state index contributed by atoms with van der Waals surface area (Å²) in [7, 11) is 0. The number of nitro groups is 1. The molecule has 124 valence electrons. The van der Waals surface area contributed by atoms with E-state index in [1.807, 2.05) is 60.7 Å². The molecule has 0 unspecified atom stereocenters. The second kappa shape index (κ2) is 7.69. The van der Waals surface area contributed by atoms with Crippen LogP contribution in [0.2, 0.25) is 0 Å². The summed E-state index contributed by atoms with van der Waals surface area (Å²) in [5, 5.41) is 20.9. The first-order valence-corrected chi connectivity index (χ1v) is 7.56. The molecule has 0 aliphatic carbocycles. The Kier molecular flexibility index (Phi) is 4.96. The van der Waals surface area contributed by atoms with Gasteiger partial charge in [-0.05, 0) is 30.3 Å². The third kappa shape index (κ3) is 3.97. The Balaban J connectivity index is 1.94. The molecule has 3 aromatic rings. The summed E-state index contributed by atoms with van der Waals surface area (Å²) in [6.07, 6.45) is 0. The van der Waals surface area contributed by atoms with E-state index in [2.05, 4.69) is 15.9 Å². The molecule has 0 bridgehead atoms. The number of anilines is 2. The maximum absolute atomic E-state index is 11.3. The lowest BCUT2D eigenvalue weighted by Crippen LogP contribution is -2.29. The van der Waals surface area contributed by atoms with Crippen molar-refractivity contribution in [1.29, 1.82) is 0 Å². The van der Waals surface area contributed by atoms with Gasteiger partial charge in [-0.1, -0.05) is 53.8 Å². The second-order valence-corrected chi connectivity index (χ2v) is 5.05. The van der Waals surface area contributed by atoms with E-state index in [1.165, 1.54) is 11.1 Å². The molecule has 0 saturated carbocycles. The van der Waals surface area contributed by atoms with Gasteiger partial charge in [-0.25, -0.2) is 5.01 Å². The van der Waals surface area contributed by atoms with Crippen molar-refractivity contribution in [2.75, 3.05) is 5.01 Å². The molecule has 1 N–H and O–H groups in total. The average Bonchev–Trinajstić information content (AvgIpc) is 2.67. The van der Waals surface area contributed by atoms with Gasteiger partial charge in [0.25, 0.3) is 5.69 Å². The predicted octanol–water partition coefficient (Wildman–Crippen LogP) is 4.94. The monoisotopic (exact) mass is 333 g/mol. The third-order valence-corrected chi connectivity index (χ3v) is 3.40. The lowest BCUT2D eigenvalue weighted by Gasteiger charge is -2.22. The first-order chi connectivity index (χ1) is 12.3. The van der Waals surface area contributed by atoms with Crippen molar-refractivity contribution < 1.29 is 4.92 Å². The van der Waals surface area contributed by atoms with Crippen LogP contribution >= 0.6 is 0 Å². The molecule has 7 heteroatoms. The van der Waals surface area contributed by atoms with E-state index in [0.29, 0.717) is 17.1 Å². The predicted molar refractivity (Wildman–Crippen MR) is 95.8 cm³/mol. The number of nitro benzene ring substituents is 1. The van der Waals surface area contributed by atoms with Gasteiger partial charge in [-0.2, -0.15) is 5.53 Å². The summed E-state index contributed by atoms with van der Waals surface area (Å²) in [6, 6.07) is 24.8. The molecule has 0 aromatic heterocycles. The molecule has 0 radical (unpaired) electrons. The zero-order valence-corrected chi connectivity index (χ0v) is 13.2. The lowest BCUT2D eigenvalue weighted by atomic mass is 10.2. The maximum Gasteiger partial charge on any atom is 0.294 e. The van der Waals surface area contributed by atoms with Crippen LogP contribution in [0.5, 0.6) is 0 Å². The summed E-state index contributed by atoms with van der Waals surface area (Å²) in [5.41, 5.74) is 4.49. The first-order valence-electron chi connectivity index (χ1n) is 7.56. The van der Waals surface area contributed by atoms with Gasteiger partial charge >= 0.3 is 0 Å². The van der Waals surface area contributed by atoms with Crippen LogP contribution < -0.4 is 10.5 Å². The molecule has 0 aliphatic heterocycles. The van der Waals surface area contributed by atoms with Crippen molar-refractivity contribution in [3.8, 4) is 0 Å². The fourth-order valence-corrected chi connectivity index (χ4v) is 2.25. The van der Waals surface area contributed by atoms with Gasteiger partial charge in [0, 0.05) is 6.07 Å². The Labute approximate surface area is 144 Å². The van der Waals surface area contributed by atoms with Crippen LogP contribution in [-0.2, 0) is 0 Å². The number of hydrogen-bond donors (Lipinski definition) is 1. The van der Waals surface area contributed by atoms with Gasteiger partial charge in [0.1, 0.15) is 5.69 Å². The smallest absolute Gasteiger partial charge is 0.258 e. The van der Waals surface area contributed by atoms with Crippen molar-refractivity contribution >= 4 is 22.7 Å². The van der Waals surface area contributed by atoms with Crippen LogP contribution in [0.4, 0.5) is 22.7 Å². The Morgan fingerprint density at radius 3 is 2.12 bits per heavy atom. The van der Waals surface area contributed by atoms with Crippen molar-refractivity contribution in [1.82, 2.24) is 5.53 Å². The van der Waals surface area contributed by atoms with Gasteiger partial charge in [-0.3, -0.25) is 10.1 Å². The van der Waals surface area contributed by atoms with Gasteiger partial charge in [-0.15, -0.1) is 5.11 Å². The quantitative estimate of drug-likeness (QED) is 0.393. The Morgan fingerprint density at radius 1 is 0.840 bits per heavy atom. The summed E-state index contributed by atoms with van der Waals surface area (Å²) >= 11 is 0. The fourth-order valence-electron chi connectivity index (χ4n) is 2.25. The molecule has 3 rings (SSSR count). The van der Waals surface area contributed by atoms with Crippen LogP contribution in [0.1, 0.15) is 0 Å². The zero-order valence-electron chi connectivity index (χ0n) is 13.2. The van der Waals surface area contributed by atoms with E-state index >= 15 is 0 Å². The number of para-hydroxylation sites is 3.